The highest BCUT2D eigenvalue weighted by Gasteiger charge is 2.17. The number of rotatable bonds is 7. The van der Waals surface area contributed by atoms with Gasteiger partial charge in [0.05, 0.1) is 18.5 Å². The van der Waals surface area contributed by atoms with Gasteiger partial charge in [0.1, 0.15) is 11.4 Å². The van der Waals surface area contributed by atoms with Crippen LogP contribution < -0.4 is 11.1 Å². The lowest BCUT2D eigenvalue weighted by atomic mass is 10.2. The Kier molecular flexibility index (Phi) is 6.84. The molecule has 3 N–H and O–H groups in total. The quantitative estimate of drug-likeness (QED) is 0.656. The van der Waals surface area contributed by atoms with Gasteiger partial charge in [0.15, 0.2) is 0 Å². The number of carbonyl (C=O) groups is 2. The average molecular weight is 400 g/mol. The molecule has 3 rings (SSSR count). The largest absolute Gasteiger partial charge is 0.462 e. The van der Waals surface area contributed by atoms with Gasteiger partial charge < -0.3 is 20.7 Å². The van der Waals surface area contributed by atoms with Gasteiger partial charge in [0.25, 0.3) is 5.91 Å². The van der Waals surface area contributed by atoms with E-state index in [4.69, 9.17) is 10.5 Å². The van der Waals surface area contributed by atoms with E-state index in [2.05, 4.69) is 27.3 Å². The predicted molar refractivity (Wildman–Crippen MR) is 110 cm³/mol. The number of benzene rings is 1. The first-order chi connectivity index (χ1) is 14.0. The van der Waals surface area contributed by atoms with Crippen LogP contribution in [0.1, 0.15) is 27.6 Å². The zero-order valence-electron chi connectivity index (χ0n) is 16.9. The van der Waals surface area contributed by atoms with Crippen LogP contribution in [0.2, 0.25) is 0 Å². The van der Waals surface area contributed by atoms with Crippen molar-refractivity contribution in [2.45, 2.75) is 6.92 Å². The van der Waals surface area contributed by atoms with Gasteiger partial charge >= 0.3 is 5.97 Å². The van der Waals surface area contributed by atoms with Gasteiger partial charge in [-0.15, -0.1) is 0 Å². The first-order valence-electron chi connectivity index (χ1n) is 9.79. The molecule has 2 heterocycles. The van der Waals surface area contributed by atoms with E-state index < -0.39 is 5.97 Å². The van der Waals surface area contributed by atoms with E-state index in [0.717, 1.165) is 32.7 Å². The van der Waals surface area contributed by atoms with Gasteiger partial charge in [-0.25, -0.2) is 9.48 Å². The molecule has 1 aliphatic rings. The molecule has 1 aromatic carbocycles. The molecule has 0 spiro atoms. The summed E-state index contributed by atoms with van der Waals surface area (Å²) in [6, 6.07) is 6.92. The maximum atomic E-state index is 12.4. The third-order valence-electron chi connectivity index (χ3n) is 4.99. The molecule has 1 aromatic heterocycles. The van der Waals surface area contributed by atoms with Crippen molar-refractivity contribution in [1.82, 2.24) is 24.9 Å². The van der Waals surface area contributed by atoms with E-state index in [1.54, 1.807) is 31.2 Å². The second kappa shape index (κ2) is 9.53. The summed E-state index contributed by atoms with van der Waals surface area (Å²) in [5.74, 6) is -0.424. The first kappa shape index (κ1) is 20.8. The number of nitrogens with one attached hydrogen (secondary N) is 1. The van der Waals surface area contributed by atoms with E-state index in [1.165, 1.54) is 10.9 Å². The zero-order valence-corrected chi connectivity index (χ0v) is 16.9. The van der Waals surface area contributed by atoms with Gasteiger partial charge in [-0.3, -0.25) is 9.69 Å². The fourth-order valence-electron chi connectivity index (χ4n) is 3.18. The number of ether oxygens (including phenoxy) is 1. The Balaban J connectivity index is 1.56. The Labute approximate surface area is 170 Å². The molecule has 1 saturated heterocycles. The second-order valence-corrected chi connectivity index (χ2v) is 7.02. The predicted octanol–water partition coefficient (Wildman–Crippen LogP) is 0.608. The number of piperazine rings is 1. The van der Waals surface area contributed by atoms with Gasteiger partial charge in [-0.1, -0.05) is 0 Å². The summed E-state index contributed by atoms with van der Waals surface area (Å²) >= 11 is 0. The van der Waals surface area contributed by atoms with Crippen LogP contribution in [0.15, 0.2) is 30.5 Å². The summed E-state index contributed by atoms with van der Waals surface area (Å²) in [6.45, 7) is 7.63. The van der Waals surface area contributed by atoms with Crippen LogP contribution in [-0.4, -0.2) is 84.4 Å². The molecule has 1 aliphatic heterocycles. The topological polar surface area (TPSA) is 106 Å². The number of nitrogens with two attached hydrogens (primary N) is 1. The standard InChI is InChI=1S/C20H28N6O3/c1-3-29-20(28)17-14-23-26(18(17)21)16-6-4-15(5-7-16)19(27)22-8-9-25-12-10-24(2)11-13-25/h4-7,14H,3,8-13,21H2,1-2H3,(H,22,27). The Morgan fingerprint density at radius 3 is 2.52 bits per heavy atom. The van der Waals surface area contributed by atoms with Gasteiger partial charge in [0.2, 0.25) is 0 Å². The molecule has 0 unspecified atom stereocenters. The van der Waals surface area contributed by atoms with Crippen molar-refractivity contribution < 1.29 is 14.3 Å². The molecule has 29 heavy (non-hydrogen) atoms. The molecule has 0 aliphatic carbocycles. The molecule has 1 fully saturated rings. The van der Waals surface area contributed by atoms with Crippen molar-refractivity contribution in [1.29, 1.82) is 0 Å². The highest BCUT2D eigenvalue weighted by molar-refractivity contribution is 5.95. The summed E-state index contributed by atoms with van der Waals surface area (Å²) in [5.41, 5.74) is 7.46. The minimum atomic E-state index is -0.507. The summed E-state index contributed by atoms with van der Waals surface area (Å²) in [4.78, 5) is 28.9. The number of carbonyl (C=O) groups excluding carboxylic acids is 2. The number of anilines is 1. The molecule has 9 nitrogen and oxygen atoms in total. The fourth-order valence-corrected chi connectivity index (χ4v) is 3.18. The van der Waals surface area contributed by atoms with Crippen molar-refractivity contribution in [2.24, 2.45) is 0 Å². The maximum Gasteiger partial charge on any atom is 0.343 e. The molecular formula is C20H28N6O3. The van der Waals surface area contributed by atoms with Crippen LogP contribution in [0, 0.1) is 0 Å². The Morgan fingerprint density at radius 1 is 1.17 bits per heavy atom. The SMILES string of the molecule is CCOC(=O)c1cnn(-c2ccc(C(=O)NCCN3CCN(C)CC3)cc2)c1N. The lowest BCUT2D eigenvalue weighted by molar-refractivity contribution is 0.0527. The number of amides is 1. The zero-order chi connectivity index (χ0) is 20.8. The number of nitrogen functional groups attached to an aromatic ring is 1. The van der Waals surface area contributed by atoms with Crippen molar-refractivity contribution in [3.8, 4) is 5.69 Å². The second-order valence-electron chi connectivity index (χ2n) is 7.02. The molecule has 1 amide bonds. The first-order valence-corrected chi connectivity index (χ1v) is 9.79. The smallest absolute Gasteiger partial charge is 0.343 e. The van der Waals surface area contributed by atoms with Gasteiger partial charge in [-0.2, -0.15) is 5.10 Å². The molecule has 156 valence electrons. The van der Waals surface area contributed by atoms with Crippen LogP contribution in [-0.2, 0) is 4.74 Å². The molecule has 9 heteroatoms. The van der Waals surface area contributed by atoms with E-state index >= 15 is 0 Å². The van der Waals surface area contributed by atoms with E-state index in [1.807, 2.05) is 0 Å². The summed E-state index contributed by atoms with van der Waals surface area (Å²) in [6.07, 6.45) is 1.38. The number of hydrogen-bond acceptors (Lipinski definition) is 7. The molecule has 2 aromatic rings. The number of esters is 1. The summed E-state index contributed by atoms with van der Waals surface area (Å²) in [7, 11) is 2.12. The third-order valence-corrected chi connectivity index (χ3v) is 4.99. The number of nitrogens with zero attached hydrogens (tertiary/aromatic N) is 4. The molecule has 0 radical (unpaired) electrons. The lowest BCUT2D eigenvalue weighted by Gasteiger charge is -2.32. The Morgan fingerprint density at radius 2 is 1.86 bits per heavy atom. The Hall–Kier alpha value is -2.91. The normalized spacial score (nSPS) is 15.2. The third kappa shape index (κ3) is 5.12. The van der Waals surface area contributed by atoms with E-state index in [9.17, 15) is 9.59 Å². The number of aromatic nitrogens is 2. The summed E-state index contributed by atoms with van der Waals surface area (Å²) < 4.78 is 6.41. The van der Waals surface area contributed by atoms with Crippen molar-refractivity contribution in [2.75, 3.05) is 58.7 Å². The average Bonchev–Trinajstić information content (AvgIpc) is 3.11. The van der Waals surface area contributed by atoms with Crippen molar-refractivity contribution >= 4 is 17.7 Å². The van der Waals surface area contributed by atoms with Crippen LogP contribution in [0.25, 0.3) is 5.69 Å². The highest BCUT2D eigenvalue weighted by atomic mass is 16.5. The minimum absolute atomic E-state index is 0.119. The van der Waals surface area contributed by atoms with Gasteiger partial charge in [0, 0.05) is 44.8 Å². The monoisotopic (exact) mass is 400 g/mol. The van der Waals surface area contributed by atoms with Crippen molar-refractivity contribution in [3.63, 3.8) is 0 Å². The van der Waals surface area contributed by atoms with E-state index in [-0.39, 0.29) is 23.9 Å². The van der Waals surface area contributed by atoms with Gasteiger partial charge in [-0.05, 0) is 38.2 Å². The Bertz CT molecular complexity index is 840. The number of likely N-dealkylation sites (N-methyl/N-ethyl adjacent to an activating group) is 1. The minimum Gasteiger partial charge on any atom is -0.462 e. The van der Waals surface area contributed by atoms with Crippen LogP contribution in [0.3, 0.4) is 0 Å². The molecular weight excluding hydrogens is 372 g/mol. The number of hydrogen-bond donors (Lipinski definition) is 2. The highest BCUT2D eigenvalue weighted by Crippen LogP contribution is 2.18. The molecule has 0 atom stereocenters. The molecule has 0 saturated carbocycles. The van der Waals surface area contributed by atoms with E-state index in [0.29, 0.717) is 17.8 Å². The maximum absolute atomic E-state index is 12.4. The fraction of sp³-hybridized carbons (Fsp3) is 0.450. The summed E-state index contributed by atoms with van der Waals surface area (Å²) in [5, 5.41) is 7.11. The lowest BCUT2D eigenvalue weighted by Crippen LogP contribution is -2.46. The van der Waals surface area contributed by atoms with Crippen LogP contribution in [0.5, 0.6) is 0 Å². The van der Waals surface area contributed by atoms with Crippen LogP contribution in [0.4, 0.5) is 5.82 Å². The van der Waals surface area contributed by atoms with Crippen molar-refractivity contribution in [3.05, 3.63) is 41.6 Å². The van der Waals surface area contributed by atoms with Crippen LogP contribution >= 0.6 is 0 Å². The molecule has 0 bridgehead atoms.